The molecule has 1 aliphatic rings. The maximum absolute atomic E-state index is 12.3. The zero-order chi connectivity index (χ0) is 9.14. The van der Waals surface area contributed by atoms with Crippen LogP contribution in [0.25, 0.3) is 0 Å². The van der Waals surface area contributed by atoms with Crippen molar-refractivity contribution in [1.82, 2.24) is 0 Å². The van der Waals surface area contributed by atoms with Gasteiger partial charge in [-0.3, -0.25) is 4.39 Å². The summed E-state index contributed by atoms with van der Waals surface area (Å²) in [5.41, 5.74) is 0. The van der Waals surface area contributed by atoms with Gasteiger partial charge in [0, 0.05) is 19.0 Å². The third-order valence-corrected chi connectivity index (χ3v) is 2.09. The van der Waals surface area contributed by atoms with Gasteiger partial charge in [-0.25, -0.2) is 0 Å². The lowest BCUT2D eigenvalue weighted by molar-refractivity contribution is 0.00549. The van der Waals surface area contributed by atoms with Gasteiger partial charge in [0.1, 0.15) is 7.85 Å². The Hall–Kier alpha value is -0.125. The van der Waals surface area contributed by atoms with Crippen molar-refractivity contribution in [3.05, 3.63) is 0 Å². The molecular weight excluding hydrogens is 162 g/mol. The molecule has 1 aliphatic heterocycles. The lowest BCUT2D eigenvalue weighted by Crippen LogP contribution is -2.30. The van der Waals surface area contributed by atoms with Gasteiger partial charge in [-0.1, -0.05) is 0 Å². The lowest BCUT2D eigenvalue weighted by Gasteiger charge is -2.15. The Morgan fingerprint density at radius 2 is 2.33 bits per heavy atom. The fourth-order valence-electron chi connectivity index (χ4n) is 1.36. The molecule has 0 aliphatic carbocycles. The van der Waals surface area contributed by atoms with Gasteiger partial charge in [0.25, 0.3) is 0 Å². The molecule has 1 rings (SSSR count). The number of alkyl halides is 1. The molecule has 0 amide bonds. The van der Waals surface area contributed by atoms with E-state index in [2.05, 4.69) is 0 Å². The first-order chi connectivity index (χ1) is 5.70. The third kappa shape index (κ3) is 1.78. The third-order valence-electron chi connectivity index (χ3n) is 2.09. The number of rotatable bonds is 3. The van der Waals surface area contributed by atoms with Gasteiger partial charge in [-0.15, -0.1) is 0 Å². The first-order valence-electron chi connectivity index (χ1n) is 3.84. The number of halogens is 1. The van der Waals surface area contributed by atoms with Crippen molar-refractivity contribution in [3.8, 4) is 0 Å². The summed E-state index contributed by atoms with van der Waals surface area (Å²) in [6.45, 7) is -0.373. The summed E-state index contributed by atoms with van der Waals surface area (Å²) in [6.07, 6.45) is -1.35. The predicted molar refractivity (Wildman–Crippen MR) is 41.8 cm³/mol. The molecule has 0 aromatic rings. The zero-order valence-electron chi connectivity index (χ0n) is 6.94. The van der Waals surface area contributed by atoms with Crippen molar-refractivity contribution in [2.24, 2.45) is 5.92 Å². The smallest absolute Gasteiger partial charge is 0.112 e. The molecule has 4 atom stereocenters. The summed E-state index contributed by atoms with van der Waals surface area (Å²) in [5.74, 6) is -0.556. The topological polar surface area (TPSA) is 38.7 Å². The fraction of sp³-hybridized carbons (Fsp3) is 1.00. The molecule has 1 heterocycles. The van der Waals surface area contributed by atoms with E-state index >= 15 is 0 Å². The molecule has 1 fully saturated rings. The van der Waals surface area contributed by atoms with E-state index in [1.807, 2.05) is 0 Å². The lowest BCUT2D eigenvalue weighted by atomic mass is 9.88. The molecular formula is C7H12BFO3. The molecule has 0 saturated carbocycles. The van der Waals surface area contributed by atoms with Crippen molar-refractivity contribution in [3.63, 3.8) is 0 Å². The van der Waals surface area contributed by atoms with Crippen LogP contribution in [0, 0.1) is 5.92 Å². The minimum atomic E-state index is -0.921. The van der Waals surface area contributed by atoms with Gasteiger partial charge >= 0.3 is 0 Å². The van der Waals surface area contributed by atoms with E-state index in [4.69, 9.17) is 17.3 Å². The van der Waals surface area contributed by atoms with Crippen LogP contribution >= 0.6 is 0 Å². The Bertz CT molecular complexity index is 147. The van der Waals surface area contributed by atoms with E-state index in [1.165, 1.54) is 7.11 Å². The van der Waals surface area contributed by atoms with Gasteiger partial charge in [-0.05, 0) is 0 Å². The van der Waals surface area contributed by atoms with Crippen LogP contribution < -0.4 is 0 Å². The Labute approximate surface area is 72.3 Å². The first kappa shape index (κ1) is 9.96. The molecule has 3 nitrogen and oxygen atoms in total. The Morgan fingerprint density at radius 3 is 2.83 bits per heavy atom. The minimum absolute atomic E-state index is 0.263. The van der Waals surface area contributed by atoms with E-state index < -0.39 is 30.8 Å². The van der Waals surface area contributed by atoms with Crippen LogP contribution in [0.4, 0.5) is 4.39 Å². The number of ether oxygens (including phenoxy) is 2. The Morgan fingerprint density at radius 1 is 1.67 bits per heavy atom. The van der Waals surface area contributed by atoms with E-state index in [1.54, 1.807) is 0 Å². The van der Waals surface area contributed by atoms with Crippen LogP contribution in [0.1, 0.15) is 0 Å². The average Bonchev–Trinajstić information content (AvgIpc) is 2.29. The van der Waals surface area contributed by atoms with Crippen LogP contribution in [0.2, 0.25) is 0 Å². The summed E-state index contributed by atoms with van der Waals surface area (Å²) < 4.78 is 22.2. The van der Waals surface area contributed by atoms with Crippen LogP contribution in [0.3, 0.4) is 0 Å². The van der Waals surface area contributed by atoms with Crippen molar-refractivity contribution >= 4 is 7.85 Å². The summed E-state index contributed by atoms with van der Waals surface area (Å²) in [4.78, 5) is 0. The van der Waals surface area contributed by atoms with E-state index in [-0.39, 0.29) is 6.61 Å². The summed E-state index contributed by atoms with van der Waals surface area (Å²) in [7, 11) is 6.87. The zero-order valence-corrected chi connectivity index (χ0v) is 6.94. The van der Waals surface area contributed by atoms with Gasteiger partial charge in [0.2, 0.25) is 0 Å². The molecule has 0 spiro atoms. The normalized spacial score (nSPS) is 41.9. The van der Waals surface area contributed by atoms with Crippen LogP contribution in [-0.2, 0) is 9.47 Å². The monoisotopic (exact) mass is 174 g/mol. The number of aliphatic hydroxyl groups is 1. The summed E-state index contributed by atoms with van der Waals surface area (Å²) in [6, 6.07) is -0.786. The molecule has 1 saturated heterocycles. The van der Waals surface area contributed by atoms with Crippen molar-refractivity contribution < 1.29 is 19.0 Å². The number of hydrogen-bond acceptors (Lipinski definition) is 3. The van der Waals surface area contributed by atoms with E-state index in [0.29, 0.717) is 0 Å². The molecule has 0 unspecified atom stereocenters. The second kappa shape index (κ2) is 4.21. The molecule has 5 heteroatoms. The fourth-order valence-corrected chi connectivity index (χ4v) is 1.36. The first-order valence-corrected chi connectivity index (χ1v) is 3.84. The van der Waals surface area contributed by atoms with Gasteiger partial charge in [0.05, 0.1) is 25.5 Å². The minimum Gasteiger partial charge on any atom is -0.391 e. The SMILES string of the molecule is [B][C@@H]1O[C@H](COC)[C@@H](CF)[C@H]1O. The number of methoxy groups -OCH3 is 1. The Balaban J connectivity index is 2.52. The highest BCUT2D eigenvalue weighted by molar-refractivity contribution is 6.11. The van der Waals surface area contributed by atoms with E-state index in [0.717, 1.165) is 0 Å². The predicted octanol–water partition coefficient (Wildman–Crippen LogP) is -0.527. The van der Waals surface area contributed by atoms with Gasteiger partial charge in [0.15, 0.2) is 0 Å². The van der Waals surface area contributed by atoms with Crippen LogP contribution in [0.5, 0.6) is 0 Å². The van der Waals surface area contributed by atoms with Crippen molar-refractivity contribution in [1.29, 1.82) is 0 Å². The highest BCUT2D eigenvalue weighted by atomic mass is 19.1. The molecule has 2 radical (unpaired) electrons. The molecule has 0 aromatic carbocycles. The largest absolute Gasteiger partial charge is 0.391 e. The second-order valence-electron chi connectivity index (χ2n) is 2.90. The second-order valence-corrected chi connectivity index (χ2v) is 2.90. The van der Waals surface area contributed by atoms with Gasteiger partial charge < -0.3 is 14.6 Å². The Kier molecular flexibility index (Phi) is 3.49. The van der Waals surface area contributed by atoms with Crippen LogP contribution in [0.15, 0.2) is 0 Å². The van der Waals surface area contributed by atoms with Crippen molar-refractivity contribution in [2.75, 3.05) is 20.4 Å². The van der Waals surface area contributed by atoms with Crippen molar-refractivity contribution in [2.45, 2.75) is 18.2 Å². The number of aliphatic hydroxyl groups excluding tert-OH is 1. The quantitative estimate of drug-likeness (QED) is 0.584. The highest BCUT2D eigenvalue weighted by Gasteiger charge is 2.40. The maximum Gasteiger partial charge on any atom is 0.112 e. The molecule has 1 N–H and O–H groups in total. The summed E-state index contributed by atoms with van der Waals surface area (Å²) in [5, 5.41) is 9.31. The van der Waals surface area contributed by atoms with Crippen LogP contribution in [-0.4, -0.2) is 51.6 Å². The highest BCUT2D eigenvalue weighted by Crippen LogP contribution is 2.26. The van der Waals surface area contributed by atoms with E-state index in [9.17, 15) is 9.50 Å². The molecule has 0 bridgehead atoms. The standard InChI is InChI=1S/C7H12BFO3/c1-11-3-5-4(2-9)6(10)7(8)12-5/h4-7,10H,2-3H2,1H3/t4-,5-,6-,7-/m1/s1. The molecule has 68 valence electrons. The average molecular weight is 174 g/mol. The summed E-state index contributed by atoms with van der Waals surface area (Å²) >= 11 is 0. The van der Waals surface area contributed by atoms with Gasteiger partial charge in [-0.2, -0.15) is 0 Å². The molecule has 0 aromatic heterocycles. The molecule has 12 heavy (non-hydrogen) atoms. The number of hydrogen-bond donors (Lipinski definition) is 1. The maximum atomic E-state index is 12.3.